The van der Waals surface area contributed by atoms with E-state index in [1.54, 1.807) is 6.07 Å². The van der Waals surface area contributed by atoms with Gasteiger partial charge in [-0.15, -0.1) is 0 Å². The van der Waals surface area contributed by atoms with Crippen LogP contribution >= 0.6 is 0 Å². The first-order valence-electron chi connectivity index (χ1n) is 10.6. The molecule has 0 aliphatic carbocycles. The van der Waals surface area contributed by atoms with Crippen LogP contribution in [0.3, 0.4) is 0 Å². The Morgan fingerprint density at radius 3 is 2.67 bits per heavy atom. The largest absolute Gasteiger partial charge is 0.373 e. The van der Waals surface area contributed by atoms with Gasteiger partial charge in [0.25, 0.3) is 0 Å². The number of hydrogen-bond acceptors (Lipinski definition) is 5. The van der Waals surface area contributed by atoms with Gasteiger partial charge in [-0.3, -0.25) is 4.79 Å². The van der Waals surface area contributed by atoms with E-state index >= 15 is 0 Å². The molecule has 0 amide bonds. The number of aromatic nitrogens is 2. The van der Waals surface area contributed by atoms with Crippen molar-refractivity contribution in [2.75, 3.05) is 7.05 Å². The van der Waals surface area contributed by atoms with Crippen molar-refractivity contribution in [1.82, 2.24) is 20.2 Å². The maximum absolute atomic E-state index is 13.7. The van der Waals surface area contributed by atoms with Gasteiger partial charge in [0.2, 0.25) is 0 Å². The van der Waals surface area contributed by atoms with Crippen LogP contribution in [-0.4, -0.2) is 34.0 Å². The van der Waals surface area contributed by atoms with Crippen molar-refractivity contribution in [2.45, 2.75) is 26.3 Å². The van der Waals surface area contributed by atoms with E-state index in [4.69, 9.17) is 0 Å². The number of ketones is 1. The zero-order valence-corrected chi connectivity index (χ0v) is 18.7. The Kier molecular flexibility index (Phi) is 8.30. The number of aldehydes is 1. The highest BCUT2D eigenvalue weighted by Gasteiger charge is 2.07. The standard InChI is InChI=1S/C26H27FN4O2/c1-19(8-7-16-31(2)18-26-29-23-11-5-6-12-24(23)30-26)22(14-17-32)28-15-13-25(33)20-9-3-4-10-21(20)27/h3-7,9-13,15-17,28H,8,14,18H2,1-2H3,(H,29,30)/b15-13+,16-7?,22-19+. The summed E-state index contributed by atoms with van der Waals surface area (Å²) < 4.78 is 13.7. The monoisotopic (exact) mass is 446 g/mol. The Labute approximate surface area is 192 Å². The Morgan fingerprint density at radius 2 is 1.91 bits per heavy atom. The zero-order chi connectivity index (χ0) is 23.6. The predicted octanol–water partition coefficient (Wildman–Crippen LogP) is 4.89. The summed E-state index contributed by atoms with van der Waals surface area (Å²) in [6.07, 6.45) is 8.27. The number of carbonyl (C=O) groups is 2. The molecule has 0 bridgehead atoms. The lowest BCUT2D eigenvalue weighted by molar-refractivity contribution is -0.107. The van der Waals surface area contributed by atoms with Crippen molar-refractivity contribution in [1.29, 1.82) is 0 Å². The number of benzene rings is 2. The topological polar surface area (TPSA) is 78.1 Å². The van der Waals surface area contributed by atoms with Gasteiger partial charge in [0.15, 0.2) is 5.78 Å². The second-order valence-corrected chi connectivity index (χ2v) is 7.66. The van der Waals surface area contributed by atoms with Crippen LogP contribution in [0.1, 0.15) is 35.9 Å². The third-order valence-corrected chi connectivity index (χ3v) is 5.06. The van der Waals surface area contributed by atoms with Gasteiger partial charge in [0, 0.05) is 31.4 Å². The van der Waals surface area contributed by atoms with E-state index in [2.05, 4.69) is 15.3 Å². The average molecular weight is 447 g/mol. The highest BCUT2D eigenvalue weighted by molar-refractivity contribution is 6.04. The fourth-order valence-corrected chi connectivity index (χ4v) is 3.31. The Hall–Kier alpha value is -4.00. The lowest BCUT2D eigenvalue weighted by atomic mass is 10.1. The SMILES string of the molecule is C/C(CC=CN(C)Cc1nc2ccccc2[nH]1)=C(/CC=O)N/C=C/C(=O)c1ccccc1F. The maximum atomic E-state index is 13.7. The summed E-state index contributed by atoms with van der Waals surface area (Å²) in [6.45, 7) is 2.55. The van der Waals surface area contributed by atoms with Crippen LogP contribution in [0, 0.1) is 5.82 Å². The van der Waals surface area contributed by atoms with E-state index < -0.39 is 11.6 Å². The molecule has 170 valence electrons. The number of H-pyrrole nitrogens is 1. The van der Waals surface area contributed by atoms with Crippen LogP contribution < -0.4 is 5.32 Å². The lowest BCUT2D eigenvalue weighted by Gasteiger charge is -2.12. The highest BCUT2D eigenvalue weighted by atomic mass is 19.1. The third-order valence-electron chi connectivity index (χ3n) is 5.06. The molecule has 3 aromatic rings. The molecule has 7 heteroatoms. The van der Waals surface area contributed by atoms with E-state index in [-0.39, 0.29) is 12.0 Å². The fourth-order valence-electron chi connectivity index (χ4n) is 3.31. The number of hydrogen-bond donors (Lipinski definition) is 2. The first-order chi connectivity index (χ1) is 16.0. The number of imidazole rings is 1. The number of nitrogens with one attached hydrogen (secondary N) is 2. The number of allylic oxidation sites excluding steroid dienone is 4. The van der Waals surface area contributed by atoms with Gasteiger partial charge in [0.1, 0.15) is 17.9 Å². The molecular weight excluding hydrogens is 419 g/mol. The summed E-state index contributed by atoms with van der Waals surface area (Å²) in [5.74, 6) is -0.136. The smallest absolute Gasteiger partial charge is 0.190 e. The van der Waals surface area contributed by atoms with E-state index in [1.807, 2.05) is 55.4 Å². The third kappa shape index (κ3) is 6.74. The summed E-state index contributed by atoms with van der Waals surface area (Å²) >= 11 is 0. The fraction of sp³-hybridized carbons (Fsp3) is 0.192. The van der Waals surface area contributed by atoms with E-state index in [9.17, 15) is 14.0 Å². The minimum Gasteiger partial charge on any atom is -0.373 e. The zero-order valence-electron chi connectivity index (χ0n) is 18.7. The Morgan fingerprint density at radius 1 is 1.15 bits per heavy atom. The van der Waals surface area contributed by atoms with Gasteiger partial charge in [-0.25, -0.2) is 9.37 Å². The minimum atomic E-state index is -0.566. The van der Waals surface area contributed by atoms with Crippen molar-refractivity contribution >= 4 is 23.1 Å². The summed E-state index contributed by atoms with van der Waals surface area (Å²) in [4.78, 5) is 33.1. The normalized spacial score (nSPS) is 12.3. The number of rotatable bonds is 11. The van der Waals surface area contributed by atoms with Crippen molar-refractivity contribution < 1.29 is 14.0 Å². The molecule has 6 nitrogen and oxygen atoms in total. The van der Waals surface area contributed by atoms with Gasteiger partial charge < -0.3 is 20.0 Å². The van der Waals surface area contributed by atoms with Crippen LogP contribution in [0.15, 0.2) is 84.4 Å². The Bertz CT molecular complexity index is 1180. The average Bonchev–Trinajstić information content (AvgIpc) is 3.20. The molecule has 33 heavy (non-hydrogen) atoms. The number of carbonyl (C=O) groups excluding carboxylic acids is 2. The van der Waals surface area contributed by atoms with E-state index in [1.165, 1.54) is 30.5 Å². The molecule has 2 aromatic carbocycles. The van der Waals surface area contributed by atoms with Crippen LogP contribution in [0.2, 0.25) is 0 Å². The second kappa shape index (κ2) is 11.6. The molecule has 0 unspecified atom stereocenters. The molecule has 0 saturated heterocycles. The molecule has 0 aliphatic rings. The number of aromatic amines is 1. The molecule has 0 saturated carbocycles. The van der Waals surface area contributed by atoms with Crippen LogP contribution in [0.25, 0.3) is 11.0 Å². The summed E-state index contributed by atoms with van der Waals surface area (Å²) in [6, 6.07) is 13.7. The molecule has 0 radical (unpaired) electrons. The molecule has 1 aromatic heterocycles. The van der Waals surface area contributed by atoms with Crippen LogP contribution in [-0.2, 0) is 11.3 Å². The first-order valence-corrected chi connectivity index (χ1v) is 10.6. The van der Waals surface area contributed by atoms with Crippen molar-refractivity contribution in [3.8, 4) is 0 Å². The number of halogens is 1. The van der Waals surface area contributed by atoms with Gasteiger partial charge in [0.05, 0.1) is 23.1 Å². The van der Waals surface area contributed by atoms with Crippen molar-refractivity contribution in [3.63, 3.8) is 0 Å². The van der Waals surface area contributed by atoms with Gasteiger partial charge in [-0.2, -0.15) is 0 Å². The molecule has 3 rings (SSSR count). The second-order valence-electron chi connectivity index (χ2n) is 7.66. The van der Waals surface area contributed by atoms with E-state index in [0.717, 1.165) is 28.7 Å². The molecule has 2 N–H and O–H groups in total. The molecule has 1 heterocycles. The predicted molar refractivity (Wildman–Crippen MR) is 128 cm³/mol. The molecular formula is C26H27FN4O2. The summed E-state index contributed by atoms with van der Waals surface area (Å²) in [5, 5.41) is 3.00. The number of para-hydroxylation sites is 2. The van der Waals surface area contributed by atoms with E-state index in [0.29, 0.717) is 18.7 Å². The summed E-state index contributed by atoms with van der Waals surface area (Å²) in [7, 11) is 1.96. The first kappa shape index (κ1) is 23.7. The highest BCUT2D eigenvalue weighted by Crippen LogP contribution is 2.13. The number of nitrogens with zero attached hydrogens (tertiary/aromatic N) is 2. The van der Waals surface area contributed by atoms with Gasteiger partial charge in [-0.05, 0) is 49.4 Å². The minimum absolute atomic E-state index is 0.00334. The Balaban J connectivity index is 1.57. The van der Waals surface area contributed by atoms with Gasteiger partial charge in [-0.1, -0.05) is 30.3 Å². The quantitative estimate of drug-likeness (QED) is 0.249. The van der Waals surface area contributed by atoms with Gasteiger partial charge >= 0.3 is 0 Å². The van der Waals surface area contributed by atoms with Crippen molar-refractivity contribution in [2.24, 2.45) is 0 Å². The maximum Gasteiger partial charge on any atom is 0.190 e. The molecule has 0 atom stereocenters. The summed E-state index contributed by atoms with van der Waals surface area (Å²) in [5.41, 5.74) is 3.61. The van der Waals surface area contributed by atoms with Crippen LogP contribution in [0.4, 0.5) is 4.39 Å². The number of fused-ring (bicyclic) bond motifs is 1. The molecule has 0 aliphatic heterocycles. The lowest BCUT2D eigenvalue weighted by Crippen LogP contribution is -2.11. The molecule has 0 spiro atoms. The van der Waals surface area contributed by atoms with Crippen LogP contribution in [0.5, 0.6) is 0 Å². The van der Waals surface area contributed by atoms with Crippen molar-refractivity contribution in [3.05, 3.63) is 102 Å². The molecule has 0 fully saturated rings.